The fraction of sp³-hybridized carbons (Fsp3) is 0.583. The van der Waals surface area contributed by atoms with Crippen LogP contribution in [0.2, 0.25) is 0 Å². The van der Waals surface area contributed by atoms with Crippen LogP contribution in [0.5, 0.6) is 5.88 Å². The van der Waals surface area contributed by atoms with Crippen LogP contribution in [-0.4, -0.2) is 46.6 Å². The molecule has 1 saturated heterocycles. The highest BCUT2D eigenvalue weighted by Gasteiger charge is 2.36. The molecule has 0 amide bonds. The molecule has 1 aliphatic rings. The number of carbonyl (C=O) groups is 1. The molecule has 2 rings (SSSR count). The Morgan fingerprint density at radius 2 is 2.35 bits per heavy atom. The molecule has 0 aromatic carbocycles. The number of hydrogen-bond acceptors (Lipinski definition) is 7. The van der Waals surface area contributed by atoms with Gasteiger partial charge in [0.2, 0.25) is 5.88 Å². The lowest BCUT2D eigenvalue weighted by Gasteiger charge is -2.34. The highest BCUT2D eigenvalue weighted by molar-refractivity contribution is 5.66. The maximum atomic E-state index is 11.8. The predicted octanol–water partition coefficient (Wildman–Crippen LogP) is -0.537. The second kappa shape index (κ2) is 6.02. The molecule has 8 heteroatoms. The molecule has 0 aliphatic carbocycles. The smallest absolute Gasteiger partial charge is 0.353 e. The fourth-order valence-electron chi connectivity index (χ4n) is 2.05. The molecule has 1 aromatic heterocycles. The largest absolute Gasteiger partial charge is 0.481 e. The van der Waals surface area contributed by atoms with Crippen LogP contribution in [0.4, 0.5) is 0 Å². The standard InChI is InChI=1S/C12H16N2O6/c1-7(15)20-8-4-6-19-11(10(8)16)14-5-3-9(18-2)13-12(14)17/h3,5,8,10-11,16H,4,6H2,1-2H3/t8-,10+,11+/m0/s1. The average Bonchev–Trinajstić information content (AvgIpc) is 2.41. The number of rotatable bonds is 3. The van der Waals surface area contributed by atoms with E-state index in [4.69, 9.17) is 14.2 Å². The van der Waals surface area contributed by atoms with Crippen LogP contribution in [0.3, 0.4) is 0 Å². The van der Waals surface area contributed by atoms with Gasteiger partial charge in [0, 0.05) is 25.6 Å². The molecular formula is C12H16N2O6. The van der Waals surface area contributed by atoms with Crippen LogP contribution in [0, 0.1) is 0 Å². The zero-order valence-corrected chi connectivity index (χ0v) is 11.2. The first-order valence-electron chi connectivity index (χ1n) is 6.13. The number of hydrogen-bond donors (Lipinski definition) is 1. The van der Waals surface area contributed by atoms with E-state index in [0.29, 0.717) is 6.42 Å². The van der Waals surface area contributed by atoms with Gasteiger partial charge >= 0.3 is 11.7 Å². The van der Waals surface area contributed by atoms with Crippen molar-refractivity contribution in [1.82, 2.24) is 9.55 Å². The van der Waals surface area contributed by atoms with Crippen LogP contribution < -0.4 is 10.4 Å². The molecule has 8 nitrogen and oxygen atoms in total. The molecule has 1 aromatic rings. The first kappa shape index (κ1) is 14.5. The van der Waals surface area contributed by atoms with E-state index in [2.05, 4.69) is 4.98 Å². The summed E-state index contributed by atoms with van der Waals surface area (Å²) >= 11 is 0. The molecule has 20 heavy (non-hydrogen) atoms. The molecule has 0 unspecified atom stereocenters. The van der Waals surface area contributed by atoms with Crippen molar-refractivity contribution in [1.29, 1.82) is 0 Å². The van der Waals surface area contributed by atoms with Crippen molar-refractivity contribution in [3.63, 3.8) is 0 Å². The zero-order chi connectivity index (χ0) is 14.7. The molecule has 1 N–H and O–H groups in total. The van der Waals surface area contributed by atoms with Crippen LogP contribution in [0.25, 0.3) is 0 Å². The zero-order valence-electron chi connectivity index (χ0n) is 11.2. The van der Waals surface area contributed by atoms with Crippen molar-refractivity contribution in [3.05, 3.63) is 22.7 Å². The molecule has 0 bridgehead atoms. The van der Waals surface area contributed by atoms with E-state index >= 15 is 0 Å². The number of ether oxygens (including phenoxy) is 3. The Hall–Kier alpha value is -1.93. The van der Waals surface area contributed by atoms with E-state index in [-0.39, 0.29) is 12.5 Å². The Labute approximate surface area is 114 Å². The molecule has 0 radical (unpaired) electrons. The summed E-state index contributed by atoms with van der Waals surface area (Å²) in [6.45, 7) is 1.52. The Morgan fingerprint density at radius 1 is 1.60 bits per heavy atom. The lowest BCUT2D eigenvalue weighted by atomic mass is 10.1. The molecule has 110 valence electrons. The number of nitrogens with zero attached hydrogens (tertiary/aromatic N) is 2. The number of aliphatic hydroxyl groups is 1. The summed E-state index contributed by atoms with van der Waals surface area (Å²) in [5, 5.41) is 10.2. The monoisotopic (exact) mass is 284 g/mol. The third kappa shape index (κ3) is 2.97. The summed E-state index contributed by atoms with van der Waals surface area (Å²) in [4.78, 5) is 26.5. The highest BCUT2D eigenvalue weighted by Crippen LogP contribution is 2.24. The van der Waals surface area contributed by atoms with E-state index in [1.165, 1.54) is 26.3 Å². The number of esters is 1. The first-order chi connectivity index (χ1) is 9.52. The van der Waals surface area contributed by atoms with Gasteiger partial charge in [-0.1, -0.05) is 0 Å². The Kier molecular flexibility index (Phi) is 4.35. The maximum absolute atomic E-state index is 11.8. The average molecular weight is 284 g/mol. The topological polar surface area (TPSA) is 99.9 Å². The minimum absolute atomic E-state index is 0.174. The van der Waals surface area contributed by atoms with Crippen molar-refractivity contribution in [2.24, 2.45) is 0 Å². The predicted molar refractivity (Wildman–Crippen MR) is 66.2 cm³/mol. The van der Waals surface area contributed by atoms with Gasteiger partial charge in [0.05, 0.1) is 13.7 Å². The summed E-state index contributed by atoms with van der Waals surface area (Å²) in [5.74, 6) is -0.317. The Morgan fingerprint density at radius 3 is 2.95 bits per heavy atom. The summed E-state index contributed by atoms with van der Waals surface area (Å²) in [6.07, 6.45) is -1.01. The van der Waals surface area contributed by atoms with Crippen molar-refractivity contribution < 1.29 is 24.1 Å². The van der Waals surface area contributed by atoms with Crippen molar-refractivity contribution >= 4 is 5.97 Å². The molecule has 0 saturated carbocycles. The second-order valence-electron chi connectivity index (χ2n) is 4.35. The Bertz CT molecular complexity index is 543. The third-order valence-corrected chi connectivity index (χ3v) is 2.97. The van der Waals surface area contributed by atoms with Crippen LogP contribution in [0.1, 0.15) is 19.6 Å². The first-order valence-corrected chi connectivity index (χ1v) is 6.13. The number of aliphatic hydroxyl groups excluding tert-OH is 1. The Balaban J connectivity index is 2.23. The SMILES string of the molecule is COc1ccn([C@@H]2OCC[C@H](OC(C)=O)[C@H]2O)c(=O)n1. The van der Waals surface area contributed by atoms with Crippen LogP contribution in [-0.2, 0) is 14.3 Å². The minimum Gasteiger partial charge on any atom is -0.481 e. The van der Waals surface area contributed by atoms with Crippen molar-refractivity contribution in [3.8, 4) is 5.88 Å². The third-order valence-electron chi connectivity index (χ3n) is 2.97. The van der Waals surface area contributed by atoms with Gasteiger partial charge in [-0.2, -0.15) is 4.98 Å². The van der Waals surface area contributed by atoms with Gasteiger partial charge in [-0.05, 0) is 0 Å². The molecule has 2 heterocycles. The molecule has 1 fully saturated rings. The lowest BCUT2D eigenvalue weighted by Crippen LogP contribution is -2.46. The lowest BCUT2D eigenvalue weighted by molar-refractivity contribution is -0.190. The normalized spacial score (nSPS) is 26.1. The minimum atomic E-state index is -1.14. The quantitative estimate of drug-likeness (QED) is 0.744. The van der Waals surface area contributed by atoms with Gasteiger partial charge in [-0.3, -0.25) is 9.36 Å². The fourth-order valence-corrected chi connectivity index (χ4v) is 2.05. The molecule has 0 spiro atoms. The second-order valence-corrected chi connectivity index (χ2v) is 4.35. The van der Waals surface area contributed by atoms with Crippen LogP contribution in [0.15, 0.2) is 17.1 Å². The van der Waals surface area contributed by atoms with E-state index < -0.39 is 30.1 Å². The maximum Gasteiger partial charge on any atom is 0.353 e. The van der Waals surface area contributed by atoms with E-state index in [1.807, 2.05) is 0 Å². The van der Waals surface area contributed by atoms with E-state index in [9.17, 15) is 14.7 Å². The van der Waals surface area contributed by atoms with E-state index in [1.54, 1.807) is 0 Å². The molecule has 3 atom stereocenters. The summed E-state index contributed by atoms with van der Waals surface area (Å²) < 4.78 is 16.4. The summed E-state index contributed by atoms with van der Waals surface area (Å²) in [6, 6.07) is 1.48. The van der Waals surface area contributed by atoms with Crippen molar-refractivity contribution in [2.45, 2.75) is 31.8 Å². The summed E-state index contributed by atoms with van der Waals surface area (Å²) in [7, 11) is 1.40. The molecule has 1 aliphatic heterocycles. The number of methoxy groups -OCH3 is 1. The van der Waals surface area contributed by atoms with Crippen molar-refractivity contribution in [2.75, 3.05) is 13.7 Å². The van der Waals surface area contributed by atoms with Gasteiger partial charge in [-0.25, -0.2) is 4.79 Å². The van der Waals surface area contributed by atoms with Gasteiger partial charge in [0.25, 0.3) is 0 Å². The number of carbonyl (C=O) groups excluding carboxylic acids is 1. The van der Waals surface area contributed by atoms with Gasteiger partial charge in [0.1, 0.15) is 12.2 Å². The molecular weight excluding hydrogens is 268 g/mol. The van der Waals surface area contributed by atoms with Crippen LogP contribution >= 0.6 is 0 Å². The number of aromatic nitrogens is 2. The summed E-state index contributed by atoms with van der Waals surface area (Å²) in [5.41, 5.74) is -0.614. The van der Waals surface area contributed by atoms with Gasteiger partial charge in [-0.15, -0.1) is 0 Å². The van der Waals surface area contributed by atoms with E-state index in [0.717, 1.165) is 4.57 Å². The van der Waals surface area contributed by atoms with Gasteiger partial charge < -0.3 is 19.3 Å². The highest BCUT2D eigenvalue weighted by atomic mass is 16.6. The van der Waals surface area contributed by atoms with Gasteiger partial charge in [0.15, 0.2) is 6.23 Å².